The molecule has 0 aromatic heterocycles. The molecule has 0 spiro atoms. The lowest BCUT2D eigenvalue weighted by molar-refractivity contribution is -0.384. The van der Waals surface area contributed by atoms with Crippen LogP contribution in [0, 0.1) is 16.0 Å². The second-order valence-corrected chi connectivity index (χ2v) is 4.65. The predicted octanol–water partition coefficient (Wildman–Crippen LogP) is 1.56. The Bertz CT molecular complexity index is 465. The Hall–Kier alpha value is -2.11. The molecule has 102 valence electrons. The molecule has 1 aliphatic rings. The summed E-state index contributed by atoms with van der Waals surface area (Å²) in [5.74, 6) is 0.183. The summed E-state index contributed by atoms with van der Waals surface area (Å²) in [4.78, 5) is 23.9. The number of rotatable bonds is 3. The van der Waals surface area contributed by atoms with Gasteiger partial charge in [0.25, 0.3) is 5.69 Å². The number of nitro groups is 1. The minimum absolute atomic E-state index is 0.0827. The summed E-state index contributed by atoms with van der Waals surface area (Å²) < 4.78 is 0. The fraction of sp³-hybridized carbons (Fsp3) is 0.462. The lowest BCUT2D eigenvalue weighted by Gasteiger charge is -2.32. The van der Waals surface area contributed by atoms with Crippen LogP contribution in [0.4, 0.5) is 11.4 Å². The summed E-state index contributed by atoms with van der Waals surface area (Å²) >= 11 is 0. The van der Waals surface area contributed by atoms with Gasteiger partial charge in [-0.2, -0.15) is 0 Å². The highest BCUT2D eigenvalue weighted by Gasteiger charge is 2.24. The molecule has 0 bridgehead atoms. The van der Waals surface area contributed by atoms with Crippen LogP contribution in [0.5, 0.6) is 0 Å². The van der Waals surface area contributed by atoms with Crippen LogP contribution in [-0.2, 0) is 4.79 Å². The lowest BCUT2D eigenvalue weighted by Crippen LogP contribution is -2.39. The zero-order valence-electron chi connectivity index (χ0n) is 10.8. The fourth-order valence-electron chi connectivity index (χ4n) is 2.39. The molecule has 0 unspecified atom stereocenters. The molecule has 2 rings (SSSR count). The maximum Gasteiger partial charge on any atom is 0.269 e. The van der Waals surface area contributed by atoms with Crippen LogP contribution in [0.15, 0.2) is 24.3 Å². The molecule has 1 amide bonds. The molecule has 1 aromatic rings. The van der Waals surface area contributed by atoms with Crippen LogP contribution in [0.1, 0.15) is 12.8 Å². The zero-order chi connectivity index (χ0) is 13.8. The summed E-state index contributed by atoms with van der Waals surface area (Å²) in [5.41, 5.74) is 1.07. The third-order valence-electron chi connectivity index (χ3n) is 3.54. The molecule has 0 radical (unpaired) electrons. The number of non-ortho nitro benzene ring substituents is 1. The smallest absolute Gasteiger partial charge is 0.269 e. The van der Waals surface area contributed by atoms with Gasteiger partial charge in [0.05, 0.1) is 4.92 Å². The number of anilines is 1. The van der Waals surface area contributed by atoms with Crippen LogP contribution in [0.3, 0.4) is 0 Å². The van der Waals surface area contributed by atoms with E-state index >= 15 is 0 Å². The Kier molecular flexibility index (Phi) is 3.99. The molecule has 1 aromatic carbocycles. The highest BCUT2D eigenvalue weighted by atomic mass is 16.6. The first-order valence-electron chi connectivity index (χ1n) is 6.33. The summed E-state index contributed by atoms with van der Waals surface area (Å²) in [6.45, 7) is 1.60. The topological polar surface area (TPSA) is 75.5 Å². The van der Waals surface area contributed by atoms with E-state index in [0.29, 0.717) is 0 Å². The van der Waals surface area contributed by atoms with Crippen LogP contribution >= 0.6 is 0 Å². The molecular formula is C13H17N3O3. The molecule has 6 heteroatoms. The van der Waals surface area contributed by atoms with E-state index in [9.17, 15) is 14.9 Å². The van der Waals surface area contributed by atoms with Gasteiger partial charge in [-0.1, -0.05) is 0 Å². The Labute approximate surface area is 111 Å². The van der Waals surface area contributed by atoms with Gasteiger partial charge in [0.2, 0.25) is 5.91 Å². The van der Waals surface area contributed by atoms with Crippen LogP contribution < -0.4 is 10.2 Å². The first-order valence-corrected chi connectivity index (χ1v) is 6.33. The normalized spacial score (nSPS) is 16.2. The van der Waals surface area contributed by atoms with Gasteiger partial charge in [-0.05, 0) is 25.0 Å². The molecule has 0 atom stereocenters. The van der Waals surface area contributed by atoms with Gasteiger partial charge >= 0.3 is 0 Å². The average Bonchev–Trinajstić information content (AvgIpc) is 2.46. The molecule has 0 saturated carbocycles. The fourth-order valence-corrected chi connectivity index (χ4v) is 2.39. The van der Waals surface area contributed by atoms with Crippen molar-refractivity contribution in [3.8, 4) is 0 Å². The van der Waals surface area contributed by atoms with Crippen molar-refractivity contribution < 1.29 is 9.72 Å². The van der Waals surface area contributed by atoms with Gasteiger partial charge in [-0.15, -0.1) is 0 Å². The minimum Gasteiger partial charge on any atom is -0.371 e. The van der Waals surface area contributed by atoms with Crippen LogP contribution in [-0.4, -0.2) is 31.0 Å². The molecule has 1 N–H and O–H groups in total. The molecule has 1 heterocycles. The largest absolute Gasteiger partial charge is 0.371 e. The van der Waals surface area contributed by atoms with Crippen molar-refractivity contribution in [2.75, 3.05) is 25.0 Å². The summed E-state index contributed by atoms with van der Waals surface area (Å²) in [5, 5.41) is 13.3. The first-order chi connectivity index (χ1) is 9.11. The number of piperidine rings is 1. The number of hydrogen-bond acceptors (Lipinski definition) is 4. The van der Waals surface area contributed by atoms with E-state index < -0.39 is 4.92 Å². The highest BCUT2D eigenvalue weighted by Crippen LogP contribution is 2.25. The number of amides is 1. The van der Waals surface area contributed by atoms with Crippen molar-refractivity contribution in [3.63, 3.8) is 0 Å². The molecule has 19 heavy (non-hydrogen) atoms. The van der Waals surface area contributed by atoms with Gasteiger partial charge in [-0.25, -0.2) is 0 Å². The Morgan fingerprint density at radius 3 is 2.37 bits per heavy atom. The second kappa shape index (κ2) is 5.69. The van der Waals surface area contributed by atoms with E-state index in [0.717, 1.165) is 31.6 Å². The Balaban J connectivity index is 1.97. The predicted molar refractivity (Wildman–Crippen MR) is 72.1 cm³/mol. The van der Waals surface area contributed by atoms with E-state index in [1.54, 1.807) is 19.2 Å². The maximum atomic E-state index is 11.5. The van der Waals surface area contributed by atoms with Crippen molar-refractivity contribution in [1.82, 2.24) is 5.32 Å². The van der Waals surface area contributed by atoms with Crippen LogP contribution in [0.25, 0.3) is 0 Å². The Morgan fingerprint density at radius 2 is 1.89 bits per heavy atom. The molecule has 1 saturated heterocycles. The summed E-state index contributed by atoms with van der Waals surface area (Å²) in [6, 6.07) is 6.55. The first kappa shape index (κ1) is 13.3. The molecule has 0 aliphatic carbocycles. The van der Waals surface area contributed by atoms with E-state index in [-0.39, 0.29) is 17.5 Å². The maximum absolute atomic E-state index is 11.5. The third kappa shape index (κ3) is 3.01. The number of benzene rings is 1. The molecule has 1 aliphatic heterocycles. The van der Waals surface area contributed by atoms with Crippen molar-refractivity contribution >= 4 is 17.3 Å². The van der Waals surface area contributed by atoms with Crippen molar-refractivity contribution in [2.45, 2.75) is 12.8 Å². The molecular weight excluding hydrogens is 246 g/mol. The summed E-state index contributed by atoms with van der Waals surface area (Å²) in [6.07, 6.45) is 1.63. The van der Waals surface area contributed by atoms with Crippen molar-refractivity contribution in [1.29, 1.82) is 0 Å². The Morgan fingerprint density at radius 1 is 1.32 bits per heavy atom. The number of carbonyl (C=O) groups excluding carboxylic acids is 1. The van der Waals surface area contributed by atoms with E-state index in [1.807, 2.05) is 0 Å². The van der Waals surface area contributed by atoms with Crippen molar-refractivity contribution in [2.24, 2.45) is 5.92 Å². The average molecular weight is 263 g/mol. The second-order valence-electron chi connectivity index (χ2n) is 4.65. The van der Waals surface area contributed by atoms with Gasteiger partial charge in [0.1, 0.15) is 0 Å². The zero-order valence-corrected chi connectivity index (χ0v) is 10.8. The number of carbonyl (C=O) groups is 1. The van der Waals surface area contributed by atoms with Crippen LogP contribution in [0.2, 0.25) is 0 Å². The summed E-state index contributed by atoms with van der Waals surface area (Å²) in [7, 11) is 1.66. The van der Waals surface area contributed by atoms with E-state index in [4.69, 9.17) is 0 Å². The number of hydrogen-bond donors (Lipinski definition) is 1. The quantitative estimate of drug-likeness (QED) is 0.663. The van der Waals surface area contributed by atoms with E-state index in [1.165, 1.54) is 12.1 Å². The monoisotopic (exact) mass is 263 g/mol. The molecule has 1 fully saturated rings. The van der Waals surface area contributed by atoms with Gasteiger partial charge in [0, 0.05) is 43.9 Å². The SMILES string of the molecule is CNC(=O)C1CCN(c2ccc([N+](=O)[O-])cc2)CC1. The van der Waals surface area contributed by atoms with E-state index in [2.05, 4.69) is 10.2 Å². The van der Waals surface area contributed by atoms with Gasteiger partial charge in [0.15, 0.2) is 0 Å². The third-order valence-corrected chi connectivity index (χ3v) is 3.54. The van der Waals surface area contributed by atoms with Gasteiger partial charge < -0.3 is 10.2 Å². The van der Waals surface area contributed by atoms with Gasteiger partial charge in [-0.3, -0.25) is 14.9 Å². The lowest BCUT2D eigenvalue weighted by atomic mass is 9.95. The number of nitro benzene ring substituents is 1. The minimum atomic E-state index is -0.401. The standard InChI is InChI=1S/C13H17N3O3/c1-14-13(17)10-6-8-15(9-7-10)11-2-4-12(5-3-11)16(18)19/h2-5,10H,6-9H2,1H3,(H,14,17). The number of nitrogens with one attached hydrogen (secondary N) is 1. The highest BCUT2D eigenvalue weighted by molar-refractivity contribution is 5.78. The van der Waals surface area contributed by atoms with Crippen molar-refractivity contribution in [3.05, 3.63) is 34.4 Å². The number of nitrogens with zero attached hydrogens (tertiary/aromatic N) is 2. The molecule has 6 nitrogen and oxygen atoms in total.